The number of hydrogen-bond donors (Lipinski definition) is 1. The van der Waals surface area contributed by atoms with Crippen molar-refractivity contribution in [3.63, 3.8) is 0 Å². The Morgan fingerprint density at radius 1 is 1.27 bits per heavy atom. The van der Waals surface area contributed by atoms with E-state index in [1.165, 1.54) is 18.0 Å². The van der Waals surface area contributed by atoms with Gasteiger partial charge in [0.1, 0.15) is 6.10 Å². The summed E-state index contributed by atoms with van der Waals surface area (Å²) in [7, 11) is -0.207. The zero-order valence-electron chi connectivity index (χ0n) is 16.9. The molecule has 26 heavy (non-hydrogen) atoms. The van der Waals surface area contributed by atoms with Crippen molar-refractivity contribution in [3.05, 3.63) is 30.3 Å². The summed E-state index contributed by atoms with van der Waals surface area (Å²) < 4.78 is 11.9. The van der Waals surface area contributed by atoms with Gasteiger partial charge in [0.2, 0.25) is 0 Å². The van der Waals surface area contributed by atoms with E-state index in [4.69, 9.17) is 9.47 Å². The Hall–Kier alpha value is -0.723. The zero-order valence-corrected chi connectivity index (χ0v) is 17.9. The highest BCUT2D eigenvalue weighted by molar-refractivity contribution is 6.91. The standard InChI is InChI=1S/C21H34O3Si.H2O/c1-15-10-9-13-18-21(15,2)20(19(24-18)17(22)14-23-3)25(4,5)16-11-7-6-8-12-16;/h6-8,11-12,15,17-20,22H,9-10,13-14H2,1-5H3;1H2/t15-,17+,18-,19-,20-,21-;/m1./s1. The van der Waals surface area contributed by atoms with Crippen molar-refractivity contribution in [1.29, 1.82) is 0 Å². The van der Waals surface area contributed by atoms with Crippen LogP contribution in [0.1, 0.15) is 33.1 Å². The molecule has 2 fully saturated rings. The second-order valence-corrected chi connectivity index (χ2v) is 13.5. The molecule has 148 valence electrons. The van der Waals surface area contributed by atoms with E-state index < -0.39 is 14.2 Å². The monoisotopic (exact) mass is 380 g/mol. The normalized spacial score (nSPS) is 35.5. The topological polar surface area (TPSA) is 70.2 Å². The summed E-state index contributed by atoms with van der Waals surface area (Å²) in [5, 5.41) is 12.3. The molecule has 3 N–H and O–H groups in total. The number of ether oxygens (including phenoxy) is 2. The van der Waals surface area contributed by atoms with E-state index in [1.807, 2.05) is 0 Å². The quantitative estimate of drug-likeness (QED) is 0.799. The molecule has 4 nitrogen and oxygen atoms in total. The van der Waals surface area contributed by atoms with Crippen LogP contribution in [-0.4, -0.2) is 50.7 Å². The number of rotatable bonds is 5. The Morgan fingerprint density at radius 3 is 2.54 bits per heavy atom. The van der Waals surface area contributed by atoms with Gasteiger partial charge in [-0.15, -0.1) is 0 Å². The molecule has 0 unspecified atom stereocenters. The molecule has 1 saturated carbocycles. The summed E-state index contributed by atoms with van der Waals surface area (Å²) in [6.07, 6.45) is 3.19. The average molecular weight is 381 g/mol. The smallest absolute Gasteiger partial charge is 0.103 e. The molecule has 5 heteroatoms. The van der Waals surface area contributed by atoms with Crippen LogP contribution in [0.4, 0.5) is 0 Å². The molecule has 0 radical (unpaired) electrons. The van der Waals surface area contributed by atoms with Crippen LogP contribution in [0.25, 0.3) is 0 Å². The Balaban J connectivity index is 0.00000243. The summed E-state index contributed by atoms with van der Waals surface area (Å²) >= 11 is 0. The van der Waals surface area contributed by atoms with Crippen LogP contribution in [0.15, 0.2) is 30.3 Å². The van der Waals surface area contributed by atoms with Gasteiger partial charge in [0.05, 0.1) is 26.9 Å². The Bertz CT molecular complexity index is 579. The maximum absolute atomic E-state index is 10.8. The third-order valence-electron chi connectivity index (χ3n) is 7.19. The highest BCUT2D eigenvalue weighted by Crippen LogP contribution is 2.61. The molecular weight excluding hydrogens is 344 g/mol. The van der Waals surface area contributed by atoms with Gasteiger partial charge in [-0.1, -0.05) is 68.9 Å². The third-order valence-corrected chi connectivity index (χ3v) is 11.5. The minimum Gasteiger partial charge on any atom is -0.412 e. The van der Waals surface area contributed by atoms with Gasteiger partial charge in [-0.3, -0.25) is 0 Å². The van der Waals surface area contributed by atoms with Crippen LogP contribution in [0.5, 0.6) is 0 Å². The second-order valence-electron chi connectivity index (χ2n) is 8.88. The van der Waals surface area contributed by atoms with Crippen molar-refractivity contribution in [2.75, 3.05) is 13.7 Å². The van der Waals surface area contributed by atoms with E-state index in [0.29, 0.717) is 18.1 Å². The van der Waals surface area contributed by atoms with Crippen molar-refractivity contribution in [1.82, 2.24) is 0 Å². The fourth-order valence-electron chi connectivity index (χ4n) is 5.71. The van der Waals surface area contributed by atoms with Crippen LogP contribution < -0.4 is 5.19 Å². The van der Waals surface area contributed by atoms with Gasteiger partial charge in [0.25, 0.3) is 0 Å². The summed E-state index contributed by atoms with van der Waals surface area (Å²) in [6, 6.07) is 10.9. The summed E-state index contributed by atoms with van der Waals surface area (Å²) in [5.41, 5.74) is 0.510. The molecule has 0 bridgehead atoms. The predicted molar refractivity (Wildman–Crippen MR) is 109 cm³/mol. The minimum absolute atomic E-state index is 0. The zero-order chi connectivity index (χ0) is 18.2. The Kier molecular flexibility index (Phi) is 6.73. The number of benzene rings is 1. The molecule has 3 rings (SSSR count). The number of aliphatic hydroxyl groups is 1. The molecular formula is C21H36O4Si. The van der Waals surface area contributed by atoms with Gasteiger partial charge >= 0.3 is 0 Å². The van der Waals surface area contributed by atoms with Crippen LogP contribution in [0.3, 0.4) is 0 Å². The molecule has 1 saturated heterocycles. The van der Waals surface area contributed by atoms with Gasteiger partial charge in [-0.05, 0) is 29.7 Å². The van der Waals surface area contributed by atoms with E-state index in [1.54, 1.807) is 7.11 Å². The third kappa shape index (κ3) is 3.40. The van der Waals surface area contributed by atoms with Gasteiger partial charge < -0.3 is 20.1 Å². The number of methoxy groups -OCH3 is 1. The summed E-state index contributed by atoms with van der Waals surface area (Å²) in [4.78, 5) is 0. The molecule has 2 aliphatic rings. The fourth-order valence-corrected chi connectivity index (χ4v) is 10.3. The van der Waals surface area contributed by atoms with E-state index in [2.05, 4.69) is 57.3 Å². The lowest BCUT2D eigenvalue weighted by molar-refractivity contribution is -0.0775. The fraction of sp³-hybridized carbons (Fsp3) is 0.714. The lowest BCUT2D eigenvalue weighted by atomic mass is 9.65. The van der Waals surface area contributed by atoms with Crippen LogP contribution in [0.2, 0.25) is 18.6 Å². The maximum Gasteiger partial charge on any atom is 0.103 e. The van der Waals surface area contributed by atoms with Gasteiger partial charge in [0.15, 0.2) is 0 Å². The lowest BCUT2D eigenvalue weighted by Crippen LogP contribution is -2.57. The minimum atomic E-state index is -1.86. The van der Waals surface area contributed by atoms with Crippen molar-refractivity contribution in [2.24, 2.45) is 11.3 Å². The molecule has 0 aromatic heterocycles. The Morgan fingerprint density at radius 2 is 1.92 bits per heavy atom. The number of hydrogen-bond acceptors (Lipinski definition) is 3. The molecule has 1 aliphatic heterocycles. The lowest BCUT2D eigenvalue weighted by Gasteiger charge is -2.49. The van der Waals surface area contributed by atoms with Gasteiger partial charge in [-0.25, -0.2) is 0 Å². The highest BCUT2D eigenvalue weighted by atomic mass is 28.3. The van der Waals surface area contributed by atoms with Crippen LogP contribution >= 0.6 is 0 Å². The SMILES string of the molecule is COC[C@H](O)[C@H]1O[C@@H]2CCC[C@@H](C)[C@@]2(C)[C@@H]1[Si](C)(C)c1ccccc1.O. The molecule has 1 aromatic rings. The van der Waals surface area contributed by atoms with E-state index in [9.17, 15) is 5.11 Å². The van der Waals surface area contributed by atoms with Crippen LogP contribution in [-0.2, 0) is 9.47 Å². The molecule has 1 aromatic carbocycles. The first-order valence-corrected chi connectivity index (χ1v) is 12.8. The summed E-state index contributed by atoms with van der Waals surface area (Å²) in [5.74, 6) is 0.617. The molecule has 6 atom stereocenters. The predicted octanol–water partition coefficient (Wildman–Crippen LogP) is 2.75. The first-order chi connectivity index (χ1) is 11.8. The first-order valence-electron chi connectivity index (χ1n) is 9.71. The van der Waals surface area contributed by atoms with Crippen molar-refractivity contribution >= 4 is 13.3 Å². The summed E-state index contributed by atoms with van der Waals surface area (Å²) in [6.45, 7) is 10.1. The largest absolute Gasteiger partial charge is 0.412 e. The second kappa shape index (κ2) is 8.11. The highest BCUT2D eigenvalue weighted by Gasteiger charge is 2.63. The molecule has 0 amide bonds. The molecule has 1 aliphatic carbocycles. The molecule has 1 heterocycles. The van der Waals surface area contributed by atoms with Crippen molar-refractivity contribution < 1.29 is 20.1 Å². The van der Waals surface area contributed by atoms with E-state index in [0.717, 1.165) is 6.42 Å². The molecule has 0 spiro atoms. The Labute approximate surface area is 159 Å². The first kappa shape index (κ1) is 21.6. The van der Waals surface area contributed by atoms with Crippen molar-refractivity contribution in [2.45, 2.75) is 70.1 Å². The van der Waals surface area contributed by atoms with Crippen molar-refractivity contribution in [3.8, 4) is 0 Å². The maximum atomic E-state index is 10.8. The van der Waals surface area contributed by atoms with E-state index >= 15 is 0 Å². The number of aliphatic hydroxyl groups excluding tert-OH is 1. The van der Waals surface area contributed by atoms with E-state index in [-0.39, 0.29) is 23.1 Å². The van der Waals surface area contributed by atoms with Gasteiger partial charge in [-0.2, -0.15) is 0 Å². The number of fused-ring (bicyclic) bond motifs is 1. The van der Waals surface area contributed by atoms with Crippen LogP contribution in [0, 0.1) is 11.3 Å². The van der Waals surface area contributed by atoms with Gasteiger partial charge in [0, 0.05) is 7.11 Å². The average Bonchev–Trinajstić information content (AvgIpc) is 2.92.